The molecular formula is C22H15ClF5NO5. The molecule has 2 aromatic carbocycles. The highest BCUT2D eigenvalue weighted by Gasteiger charge is 2.57. The summed E-state index contributed by atoms with van der Waals surface area (Å²) in [6, 6.07) is 5.65. The lowest BCUT2D eigenvalue weighted by molar-refractivity contribution is -0.309. The van der Waals surface area contributed by atoms with Gasteiger partial charge in [-0.3, -0.25) is 0 Å². The molecule has 0 saturated carbocycles. The third-order valence-electron chi connectivity index (χ3n) is 5.65. The van der Waals surface area contributed by atoms with Crippen LogP contribution >= 0.6 is 11.6 Å². The Morgan fingerprint density at radius 1 is 0.882 bits per heavy atom. The summed E-state index contributed by atoms with van der Waals surface area (Å²) in [7, 11) is 1.45. The van der Waals surface area contributed by atoms with Crippen LogP contribution in [0.15, 0.2) is 36.4 Å². The first kappa shape index (κ1) is 24.0. The molecule has 2 aliphatic rings. The van der Waals surface area contributed by atoms with Gasteiger partial charge in [-0.15, -0.1) is 0 Å². The van der Waals surface area contributed by atoms with Crippen molar-refractivity contribution >= 4 is 23.5 Å². The van der Waals surface area contributed by atoms with Crippen LogP contribution in [-0.4, -0.2) is 36.3 Å². The third-order valence-corrected chi connectivity index (χ3v) is 5.91. The van der Waals surface area contributed by atoms with Gasteiger partial charge in [0.05, 0.1) is 6.42 Å². The summed E-state index contributed by atoms with van der Waals surface area (Å²) in [5, 5.41) is 0.286. The number of nitrogens with zero attached hydrogens (tertiary/aromatic N) is 1. The molecule has 1 fully saturated rings. The van der Waals surface area contributed by atoms with Crippen molar-refractivity contribution in [3.05, 3.63) is 76.1 Å². The maximum atomic E-state index is 14.5. The van der Waals surface area contributed by atoms with Gasteiger partial charge in [-0.1, -0.05) is 23.7 Å². The Bertz CT molecular complexity index is 1160. The van der Waals surface area contributed by atoms with E-state index >= 15 is 0 Å². The number of benzene rings is 2. The maximum absolute atomic E-state index is 14.5. The molecule has 1 atom stereocenters. The molecule has 2 aliphatic heterocycles. The standard InChI is InChI=1S/C22H15ClF5NO5/c1-29-9-8-21(11-2-4-12(23)5-3-11,10-22(29)32-13(30)6-7-14(31)33-22)34-20-18(27)16(25)15(24)17(26)19(20)28/h2-7H,8-10H2,1H3. The van der Waals surface area contributed by atoms with Gasteiger partial charge in [-0.05, 0) is 24.7 Å². The molecule has 180 valence electrons. The van der Waals surface area contributed by atoms with Crippen LogP contribution in [0.1, 0.15) is 18.4 Å². The molecular weight excluding hydrogens is 489 g/mol. The molecule has 0 aromatic heterocycles. The monoisotopic (exact) mass is 503 g/mol. The van der Waals surface area contributed by atoms with Crippen molar-refractivity contribution in [1.29, 1.82) is 0 Å². The molecule has 0 bridgehead atoms. The van der Waals surface area contributed by atoms with Crippen LogP contribution in [0.5, 0.6) is 5.75 Å². The predicted octanol–water partition coefficient (Wildman–Crippen LogP) is 4.35. The van der Waals surface area contributed by atoms with Crippen LogP contribution in [-0.2, 0) is 24.7 Å². The van der Waals surface area contributed by atoms with Gasteiger partial charge < -0.3 is 14.2 Å². The number of halogens is 6. The van der Waals surface area contributed by atoms with E-state index in [0.29, 0.717) is 0 Å². The van der Waals surface area contributed by atoms with E-state index in [2.05, 4.69) is 0 Å². The summed E-state index contributed by atoms with van der Waals surface area (Å²) in [4.78, 5) is 25.6. The van der Waals surface area contributed by atoms with Crippen molar-refractivity contribution < 1.29 is 45.8 Å². The molecule has 0 N–H and O–H groups in total. The van der Waals surface area contributed by atoms with Gasteiger partial charge in [0.25, 0.3) is 0 Å². The van der Waals surface area contributed by atoms with E-state index in [0.717, 1.165) is 12.2 Å². The second kappa shape index (κ2) is 8.55. The number of ether oxygens (including phenoxy) is 3. The molecule has 4 rings (SSSR count). The van der Waals surface area contributed by atoms with Crippen molar-refractivity contribution in [2.75, 3.05) is 13.6 Å². The molecule has 12 heteroatoms. The average molecular weight is 504 g/mol. The zero-order chi connectivity index (χ0) is 24.8. The number of carbonyl (C=O) groups excluding carboxylic acids is 2. The van der Waals surface area contributed by atoms with Crippen molar-refractivity contribution in [1.82, 2.24) is 4.90 Å². The molecule has 1 unspecified atom stereocenters. The fraction of sp³-hybridized carbons (Fsp3) is 0.273. The lowest BCUT2D eigenvalue weighted by Gasteiger charge is -2.49. The fourth-order valence-electron chi connectivity index (χ4n) is 3.89. The van der Waals surface area contributed by atoms with E-state index in [9.17, 15) is 31.5 Å². The van der Waals surface area contributed by atoms with Gasteiger partial charge in [0, 0.05) is 30.1 Å². The molecule has 0 radical (unpaired) electrons. The van der Waals surface area contributed by atoms with Crippen LogP contribution in [0.3, 0.4) is 0 Å². The van der Waals surface area contributed by atoms with Crippen molar-refractivity contribution in [2.45, 2.75) is 24.4 Å². The summed E-state index contributed by atoms with van der Waals surface area (Å²) in [5.74, 6) is -16.7. The number of hydrogen-bond acceptors (Lipinski definition) is 6. The number of rotatable bonds is 3. The Kier molecular flexibility index (Phi) is 6.03. The number of hydrogen-bond donors (Lipinski definition) is 0. The third kappa shape index (κ3) is 3.98. The van der Waals surface area contributed by atoms with Crippen LogP contribution < -0.4 is 4.74 Å². The topological polar surface area (TPSA) is 65.1 Å². The van der Waals surface area contributed by atoms with Crippen LogP contribution in [0.25, 0.3) is 0 Å². The Morgan fingerprint density at radius 2 is 1.38 bits per heavy atom. The Morgan fingerprint density at radius 3 is 1.91 bits per heavy atom. The molecule has 2 heterocycles. The minimum absolute atomic E-state index is 0.0431. The normalized spacial score (nSPS) is 22.3. The van der Waals surface area contributed by atoms with E-state index in [-0.39, 0.29) is 23.6 Å². The lowest BCUT2D eigenvalue weighted by atomic mass is 9.82. The van der Waals surface area contributed by atoms with Gasteiger partial charge in [-0.2, -0.15) is 8.78 Å². The largest absolute Gasteiger partial charge is 0.476 e. The zero-order valence-corrected chi connectivity index (χ0v) is 18.1. The summed E-state index contributed by atoms with van der Waals surface area (Å²) in [5.41, 5.74) is -1.68. The van der Waals surface area contributed by atoms with Crippen molar-refractivity contribution in [2.24, 2.45) is 0 Å². The summed E-state index contributed by atoms with van der Waals surface area (Å²) in [6.07, 6.45) is 0.995. The molecule has 0 aliphatic carbocycles. The fourth-order valence-corrected chi connectivity index (χ4v) is 4.01. The number of esters is 2. The van der Waals surface area contributed by atoms with Crippen LogP contribution in [0.2, 0.25) is 5.02 Å². The highest BCUT2D eigenvalue weighted by Crippen LogP contribution is 2.47. The average Bonchev–Trinajstić information content (AvgIpc) is 2.95. The van der Waals surface area contributed by atoms with E-state index < -0.39 is 64.7 Å². The smallest absolute Gasteiger partial charge is 0.335 e. The predicted molar refractivity (Wildman–Crippen MR) is 106 cm³/mol. The molecule has 6 nitrogen and oxygen atoms in total. The van der Waals surface area contributed by atoms with Gasteiger partial charge in [0.15, 0.2) is 5.75 Å². The molecule has 2 aromatic rings. The van der Waals surface area contributed by atoms with Gasteiger partial charge in [0.1, 0.15) is 5.60 Å². The number of likely N-dealkylation sites (tertiary alicyclic amines) is 1. The molecule has 1 spiro atoms. The first-order valence-corrected chi connectivity index (χ1v) is 10.2. The van der Waals surface area contributed by atoms with Crippen LogP contribution in [0.4, 0.5) is 22.0 Å². The van der Waals surface area contributed by atoms with E-state index in [1.165, 1.54) is 36.2 Å². The Balaban J connectivity index is 1.88. The summed E-state index contributed by atoms with van der Waals surface area (Å²) in [6.45, 7) is -0.0431. The maximum Gasteiger partial charge on any atom is 0.335 e. The summed E-state index contributed by atoms with van der Waals surface area (Å²) >= 11 is 5.93. The second-order valence-electron chi connectivity index (χ2n) is 7.74. The second-order valence-corrected chi connectivity index (χ2v) is 8.18. The first-order valence-electron chi connectivity index (χ1n) is 9.80. The van der Waals surface area contributed by atoms with Crippen molar-refractivity contribution in [3.8, 4) is 5.75 Å². The highest BCUT2D eigenvalue weighted by molar-refractivity contribution is 6.30. The number of carbonyl (C=O) groups is 2. The van der Waals surface area contributed by atoms with E-state index in [1.807, 2.05) is 0 Å². The van der Waals surface area contributed by atoms with Crippen LogP contribution in [0, 0.1) is 29.1 Å². The highest BCUT2D eigenvalue weighted by atomic mass is 35.5. The molecule has 0 amide bonds. The van der Waals surface area contributed by atoms with Crippen molar-refractivity contribution in [3.63, 3.8) is 0 Å². The molecule has 1 saturated heterocycles. The van der Waals surface area contributed by atoms with E-state index in [4.69, 9.17) is 25.8 Å². The molecule has 34 heavy (non-hydrogen) atoms. The Hall–Kier alpha value is -3.18. The SMILES string of the molecule is CN1CCC(Oc2c(F)c(F)c(F)c(F)c2F)(c2ccc(Cl)cc2)CC12OC(=O)C=CC(=O)O2. The van der Waals surface area contributed by atoms with Gasteiger partial charge in [0.2, 0.25) is 29.1 Å². The first-order chi connectivity index (χ1) is 16.0. The van der Waals surface area contributed by atoms with Gasteiger partial charge >= 0.3 is 17.8 Å². The minimum Gasteiger partial charge on any atom is -0.476 e. The quantitative estimate of drug-likeness (QED) is 0.269. The summed E-state index contributed by atoms with van der Waals surface area (Å²) < 4.78 is 86.7. The van der Waals surface area contributed by atoms with E-state index in [1.54, 1.807) is 0 Å². The zero-order valence-electron chi connectivity index (χ0n) is 17.3. The lowest BCUT2D eigenvalue weighted by Crippen LogP contribution is -2.62. The van der Waals surface area contributed by atoms with Gasteiger partial charge in [-0.25, -0.2) is 27.7 Å². The Labute approximate surface area is 194 Å². The minimum atomic E-state index is -2.35. The number of piperidine rings is 1.